The van der Waals surface area contributed by atoms with Crippen molar-refractivity contribution < 1.29 is 9.53 Å². The summed E-state index contributed by atoms with van der Waals surface area (Å²) in [7, 11) is 0. The quantitative estimate of drug-likeness (QED) is 0.403. The monoisotopic (exact) mass is 436 g/mol. The van der Waals surface area contributed by atoms with Crippen LogP contribution in [0.3, 0.4) is 0 Å². The number of carbonyl (C=O) groups excluding carboxylic acids is 1. The molecule has 0 atom stereocenters. The van der Waals surface area contributed by atoms with Gasteiger partial charge in [0.2, 0.25) is 0 Å². The maximum atomic E-state index is 11.4. The van der Waals surface area contributed by atoms with Gasteiger partial charge in [0.05, 0.1) is 10.0 Å². The highest BCUT2D eigenvalue weighted by Crippen LogP contribution is 2.37. The molecule has 0 radical (unpaired) electrons. The number of hydrogen-bond donors (Lipinski definition) is 0. The third-order valence-corrected chi connectivity index (χ3v) is 4.67. The molecule has 0 bridgehead atoms. The van der Waals surface area contributed by atoms with Crippen molar-refractivity contribution >= 4 is 60.8 Å². The lowest BCUT2D eigenvalue weighted by atomic mass is 10.1. The van der Waals surface area contributed by atoms with Crippen molar-refractivity contribution in [3.8, 4) is 11.5 Å². The van der Waals surface area contributed by atoms with E-state index in [-0.39, 0.29) is 5.78 Å². The Bertz CT molecular complexity index is 687. The van der Waals surface area contributed by atoms with E-state index >= 15 is 0 Å². The molecule has 0 aliphatic rings. The van der Waals surface area contributed by atoms with Crippen molar-refractivity contribution in [3.05, 3.63) is 54.9 Å². The predicted octanol–water partition coefficient (Wildman–Crippen LogP) is 6.51. The number of hydrogen-bond acceptors (Lipinski definition) is 2. The molecule has 0 heterocycles. The lowest BCUT2D eigenvalue weighted by molar-refractivity contribution is 0.101. The molecule has 0 aliphatic carbocycles. The third kappa shape index (κ3) is 3.55. The summed E-state index contributed by atoms with van der Waals surface area (Å²) in [6.45, 7) is 1.51. The van der Waals surface area contributed by atoms with Crippen LogP contribution < -0.4 is 4.74 Å². The van der Waals surface area contributed by atoms with Crippen molar-refractivity contribution in [1.29, 1.82) is 0 Å². The number of carbonyl (C=O) groups is 1. The van der Waals surface area contributed by atoms with Gasteiger partial charge >= 0.3 is 0 Å². The summed E-state index contributed by atoms with van der Waals surface area (Å²) in [4.78, 5) is 11.4. The van der Waals surface area contributed by atoms with E-state index in [0.717, 1.165) is 0 Å². The second kappa shape index (κ2) is 6.48. The number of halogens is 4. The van der Waals surface area contributed by atoms with Crippen LogP contribution in [0.2, 0.25) is 10.0 Å². The van der Waals surface area contributed by atoms with Crippen LogP contribution in [0.1, 0.15) is 17.3 Å². The van der Waals surface area contributed by atoms with Crippen LogP contribution in [0.15, 0.2) is 39.3 Å². The number of ketones is 1. The van der Waals surface area contributed by atoms with Crippen molar-refractivity contribution in [3.63, 3.8) is 0 Å². The Morgan fingerprint density at radius 1 is 1.05 bits per heavy atom. The Labute approximate surface area is 143 Å². The molecule has 0 unspecified atom stereocenters. The molecular weight excluding hydrogens is 431 g/mol. The highest BCUT2D eigenvalue weighted by Gasteiger charge is 2.10. The van der Waals surface area contributed by atoms with Gasteiger partial charge in [0.1, 0.15) is 11.5 Å². The van der Waals surface area contributed by atoms with Crippen LogP contribution in [0.25, 0.3) is 0 Å². The van der Waals surface area contributed by atoms with Crippen LogP contribution in [0.5, 0.6) is 11.5 Å². The minimum Gasteiger partial charge on any atom is -0.456 e. The first-order valence-electron chi connectivity index (χ1n) is 5.51. The van der Waals surface area contributed by atoms with E-state index in [1.54, 1.807) is 30.3 Å². The second-order valence-corrected chi connectivity index (χ2v) is 6.52. The smallest absolute Gasteiger partial charge is 0.160 e. The fraction of sp³-hybridized carbons (Fsp3) is 0.0714. The fourth-order valence-corrected chi connectivity index (χ4v) is 3.02. The van der Waals surface area contributed by atoms with Gasteiger partial charge in [-0.05, 0) is 63.0 Å². The van der Waals surface area contributed by atoms with E-state index in [1.807, 2.05) is 0 Å². The molecule has 2 aromatic rings. The van der Waals surface area contributed by atoms with Crippen LogP contribution >= 0.6 is 55.1 Å². The topological polar surface area (TPSA) is 26.3 Å². The van der Waals surface area contributed by atoms with Gasteiger partial charge in [0.25, 0.3) is 0 Å². The van der Waals surface area contributed by atoms with Crippen LogP contribution in [0.4, 0.5) is 0 Å². The summed E-state index contributed by atoms with van der Waals surface area (Å²) < 4.78 is 7.05. The minimum atomic E-state index is -0.0202. The first-order chi connectivity index (χ1) is 9.38. The van der Waals surface area contributed by atoms with E-state index in [2.05, 4.69) is 31.9 Å². The van der Waals surface area contributed by atoms with Crippen LogP contribution in [0, 0.1) is 0 Å². The third-order valence-electron chi connectivity index (χ3n) is 2.52. The largest absolute Gasteiger partial charge is 0.456 e. The zero-order valence-electron chi connectivity index (χ0n) is 10.2. The number of rotatable bonds is 3. The zero-order valence-corrected chi connectivity index (χ0v) is 14.9. The Balaban J connectivity index is 2.33. The summed E-state index contributed by atoms with van der Waals surface area (Å²) in [5.74, 6) is 0.984. The molecule has 0 aromatic heterocycles. The molecule has 0 saturated heterocycles. The summed E-state index contributed by atoms with van der Waals surface area (Å²) in [6, 6.07) is 8.39. The van der Waals surface area contributed by atoms with Crippen molar-refractivity contribution in [2.45, 2.75) is 6.92 Å². The summed E-state index contributed by atoms with van der Waals surface area (Å²) in [5, 5.41) is 0.942. The van der Waals surface area contributed by atoms with Gasteiger partial charge in [0, 0.05) is 20.6 Å². The van der Waals surface area contributed by atoms with Gasteiger partial charge in [-0.2, -0.15) is 0 Å². The van der Waals surface area contributed by atoms with Gasteiger partial charge in [0.15, 0.2) is 5.78 Å². The normalized spacial score (nSPS) is 10.4. The first-order valence-corrected chi connectivity index (χ1v) is 7.85. The Kier molecular flexibility index (Phi) is 5.13. The lowest BCUT2D eigenvalue weighted by Gasteiger charge is -2.10. The average Bonchev–Trinajstić information content (AvgIpc) is 2.35. The minimum absolute atomic E-state index is 0.0202. The molecule has 104 valence electrons. The highest BCUT2D eigenvalue weighted by molar-refractivity contribution is 9.10. The molecule has 6 heteroatoms. The lowest BCUT2D eigenvalue weighted by Crippen LogP contribution is -1.94. The predicted molar refractivity (Wildman–Crippen MR) is 88.4 cm³/mol. The Morgan fingerprint density at radius 2 is 1.75 bits per heavy atom. The molecule has 20 heavy (non-hydrogen) atoms. The van der Waals surface area contributed by atoms with Gasteiger partial charge in [-0.3, -0.25) is 4.79 Å². The van der Waals surface area contributed by atoms with Gasteiger partial charge in [-0.25, -0.2) is 0 Å². The molecular formula is C14H8Br2Cl2O2. The van der Waals surface area contributed by atoms with E-state index in [4.69, 9.17) is 27.9 Å². The molecule has 0 fully saturated rings. The summed E-state index contributed by atoms with van der Waals surface area (Å²) in [5.41, 5.74) is 0.595. The second-order valence-electron chi connectivity index (χ2n) is 4.00. The molecule has 0 spiro atoms. The van der Waals surface area contributed by atoms with Crippen LogP contribution in [-0.2, 0) is 0 Å². The van der Waals surface area contributed by atoms with E-state index in [9.17, 15) is 4.79 Å². The molecule has 0 saturated carbocycles. The van der Waals surface area contributed by atoms with Crippen molar-refractivity contribution in [2.75, 3.05) is 0 Å². The Hall–Kier alpha value is -0.550. The maximum absolute atomic E-state index is 11.4. The SMILES string of the molecule is CC(=O)c1ccc(Oc2cc(Cl)c(Br)cc2Cl)cc1Br. The number of benzene rings is 2. The summed E-state index contributed by atoms with van der Waals surface area (Å²) in [6.07, 6.45) is 0. The van der Waals surface area contributed by atoms with E-state index in [1.165, 1.54) is 6.92 Å². The van der Waals surface area contributed by atoms with Crippen molar-refractivity contribution in [1.82, 2.24) is 0 Å². The van der Waals surface area contributed by atoms with Gasteiger partial charge < -0.3 is 4.74 Å². The van der Waals surface area contributed by atoms with Crippen LogP contribution in [-0.4, -0.2) is 5.78 Å². The molecule has 0 N–H and O–H groups in total. The van der Waals surface area contributed by atoms with Gasteiger partial charge in [-0.1, -0.05) is 23.2 Å². The number of ether oxygens (including phenoxy) is 1. The number of Topliss-reactive ketones (excluding diaryl/α,β-unsaturated/α-hetero) is 1. The molecule has 0 aliphatic heterocycles. The van der Waals surface area contributed by atoms with E-state index < -0.39 is 0 Å². The van der Waals surface area contributed by atoms with Crippen molar-refractivity contribution in [2.24, 2.45) is 0 Å². The highest BCUT2D eigenvalue weighted by atomic mass is 79.9. The molecule has 0 amide bonds. The Morgan fingerprint density at radius 3 is 2.35 bits per heavy atom. The maximum Gasteiger partial charge on any atom is 0.160 e. The van der Waals surface area contributed by atoms with Gasteiger partial charge in [-0.15, -0.1) is 0 Å². The molecule has 2 aromatic carbocycles. The average molecular weight is 439 g/mol. The van der Waals surface area contributed by atoms with E-state index in [0.29, 0.717) is 36.1 Å². The zero-order chi connectivity index (χ0) is 14.9. The summed E-state index contributed by atoms with van der Waals surface area (Å²) >= 11 is 18.7. The molecule has 2 nitrogen and oxygen atoms in total. The standard InChI is InChI=1S/C14H8Br2Cl2O2/c1-7(19)9-3-2-8(4-10(9)15)20-14-6-12(17)11(16)5-13(14)18/h2-6H,1H3. The molecule has 2 rings (SSSR count). The first kappa shape index (κ1) is 15.8. The fourth-order valence-electron chi connectivity index (χ4n) is 1.55.